The molecule has 0 saturated carbocycles. The Morgan fingerprint density at radius 1 is 1.22 bits per heavy atom. The fraction of sp³-hybridized carbons (Fsp3) is 1.00. The zero-order valence-corrected chi connectivity index (χ0v) is 12.2. The molecule has 0 aromatic heterocycles. The first-order chi connectivity index (χ1) is 8.55. The number of piperidine rings is 1. The zero-order valence-electron chi connectivity index (χ0n) is 11.4. The van der Waals surface area contributed by atoms with Crippen molar-refractivity contribution < 1.29 is 8.42 Å². The fourth-order valence-corrected chi connectivity index (χ4v) is 4.57. The van der Waals surface area contributed by atoms with Crippen LogP contribution in [0.2, 0.25) is 0 Å². The Morgan fingerprint density at radius 3 is 2.61 bits per heavy atom. The van der Waals surface area contributed by atoms with Gasteiger partial charge in [0.1, 0.15) is 0 Å². The van der Waals surface area contributed by atoms with Crippen LogP contribution in [-0.4, -0.2) is 57.0 Å². The summed E-state index contributed by atoms with van der Waals surface area (Å²) in [6.07, 6.45) is 4.44. The molecule has 18 heavy (non-hydrogen) atoms. The third-order valence-corrected chi connectivity index (χ3v) is 6.02. The van der Waals surface area contributed by atoms with Crippen LogP contribution in [0, 0.1) is 5.92 Å². The van der Waals surface area contributed by atoms with Gasteiger partial charge in [0.15, 0.2) is 9.84 Å². The number of nitrogens with zero attached hydrogens (tertiary/aromatic N) is 1. The van der Waals surface area contributed by atoms with Gasteiger partial charge in [-0.05, 0) is 44.7 Å². The summed E-state index contributed by atoms with van der Waals surface area (Å²) in [5.41, 5.74) is 0. The lowest BCUT2D eigenvalue weighted by Gasteiger charge is -2.31. The van der Waals surface area contributed by atoms with Crippen LogP contribution in [0.5, 0.6) is 0 Å². The summed E-state index contributed by atoms with van der Waals surface area (Å²) >= 11 is 0. The van der Waals surface area contributed by atoms with Gasteiger partial charge in [-0.2, -0.15) is 0 Å². The summed E-state index contributed by atoms with van der Waals surface area (Å²) in [4.78, 5) is 2.49. The van der Waals surface area contributed by atoms with Gasteiger partial charge in [0.25, 0.3) is 0 Å². The van der Waals surface area contributed by atoms with Crippen molar-refractivity contribution in [1.29, 1.82) is 0 Å². The van der Waals surface area contributed by atoms with Crippen LogP contribution in [0.4, 0.5) is 0 Å². The van der Waals surface area contributed by atoms with E-state index in [1.54, 1.807) is 0 Å². The lowest BCUT2D eigenvalue weighted by atomic mass is 9.99. The normalized spacial score (nSPS) is 30.4. The van der Waals surface area contributed by atoms with Crippen LogP contribution in [0.15, 0.2) is 0 Å². The maximum Gasteiger partial charge on any atom is 0.151 e. The van der Waals surface area contributed by atoms with Gasteiger partial charge in [-0.3, -0.25) is 0 Å². The molecule has 0 aliphatic carbocycles. The molecule has 0 radical (unpaired) electrons. The Morgan fingerprint density at radius 2 is 1.94 bits per heavy atom. The van der Waals surface area contributed by atoms with E-state index in [2.05, 4.69) is 17.1 Å². The molecule has 1 atom stereocenters. The van der Waals surface area contributed by atoms with E-state index in [1.165, 1.54) is 25.9 Å². The van der Waals surface area contributed by atoms with Crippen LogP contribution >= 0.6 is 0 Å². The van der Waals surface area contributed by atoms with Crippen molar-refractivity contribution >= 4 is 9.84 Å². The molecule has 0 bridgehead atoms. The Bertz CT molecular complexity index is 348. The number of nitrogens with one attached hydrogen (secondary N) is 1. The SMILES string of the molecule is CC1CCN(CCNC2CCCS(=O)(=O)C2)CC1. The minimum atomic E-state index is -2.77. The summed E-state index contributed by atoms with van der Waals surface area (Å²) in [7, 11) is -2.77. The number of rotatable bonds is 4. The lowest BCUT2D eigenvalue weighted by molar-refractivity contribution is 0.191. The molecule has 2 aliphatic rings. The van der Waals surface area contributed by atoms with Crippen molar-refractivity contribution in [2.24, 2.45) is 5.92 Å². The van der Waals surface area contributed by atoms with Crippen molar-refractivity contribution in [2.75, 3.05) is 37.7 Å². The first-order valence-electron chi connectivity index (χ1n) is 7.21. The smallest absolute Gasteiger partial charge is 0.151 e. The Hall–Kier alpha value is -0.130. The summed E-state index contributed by atoms with van der Waals surface area (Å²) in [5.74, 6) is 1.59. The molecule has 2 fully saturated rings. The molecule has 0 spiro atoms. The summed E-state index contributed by atoms with van der Waals surface area (Å²) < 4.78 is 23.0. The Kier molecular flexibility index (Phi) is 5.04. The number of sulfone groups is 1. The topological polar surface area (TPSA) is 49.4 Å². The Labute approximate surface area is 111 Å². The van der Waals surface area contributed by atoms with E-state index in [4.69, 9.17) is 0 Å². The van der Waals surface area contributed by atoms with E-state index in [-0.39, 0.29) is 6.04 Å². The van der Waals surface area contributed by atoms with Gasteiger partial charge in [0, 0.05) is 19.1 Å². The number of hydrogen-bond donors (Lipinski definition) is 1. The minimum Gasteiger partial charge on any atom is -0.312 e. The molecular formula is C13H26N2O2S. The highest BCUT2D eigenvalue weighted by Gasteiger charge is 2.24. The monoisotopic (exact) mass is 274 g/mol. The van der Waals surface area contributed by atoms with Gasteiger partial charge in [0.2, 0.25) is 0 Å². The van der Waals surface area contributed by atoms with E-state index in [1.807, 2.05) is 0 Å². The van der Waals surface area contributed by atoms with Crippen LogP contribution < -0.4 is 5.32 Å². The molecule has 4 nitrogen and oxygen atoms in total. The summed E-state index contributed by atoms with van der Waals surface area (Å²) in [6.45, 7) is 6.71. The van der Waals surface area contributed by atoms with Gasteiger partial charge in [0.05, 0.1) is 11.5 Å². The molecule has 0 aromatic carbocycles. The molecule has 2 rings (SSSR count). The molecule has 2 aliphatic heterocycles. The first kappa shape index (κ1) is 14.3. The molecule has 5 heteroatoms. The third kappa shape index (κ3) is 4.52. The first-order valence-corrected chi connectivity index (χ1v) is 9.03. The van der Waals surface area contributed by atoms with Crippen LogP contribution in [0.1, 0.15) is 32.6 Å². The molecule has 2 saturated heterocycles. The molecule has 2 heterocycles. The molecule has 0 amide bonds. The Balaban J connectivity index is 1.63. The highest BCUT2D eigenvalue weighted by Crippen LogP contribution is 2.15. The van der Waals surface area contributed by atoms with Gasteiger partial charge in [-0.1, -0.05) is 6.92 Å². The molecular weight excluding hydrogens is 248 g/mol. The second-order valence-corrected chi connectivity index (χ2v) is 8.16. The zero-order chi connectivity index (χ0) is 13.0. The van der Waals surface area contributed by atoms with Crippen LogP contribution in [-0.2, 0) is 9.84 Å². The average Bonchev–Trinajstić information content (AvgIpc) is 2.30. The van der Waals surface area contributed by atoms with Gasteiger partial charge in [-0.15, -0.1) is 0 Å². The highest BCUT2D eigenvalue weighted by atomic mass is 32.2. The minimum absolute atomic E-state index is 0.187. The lowest BCUT2D eigenvalue weighted by Crippen LogP contribution is -2.44. The van der Waals surface area contributed by atoms with Crippen molar-refractivity contribution in [1.82, 2.24) is 10.2 Å². The van der Waals surface area contributed by atoms with Crippen molar-refractivity contribution in [2.45, 2.75) is 38.6 Å². The van der Waals surface area contributed by atoms with Gasteiger partial charge >= 0.3 is 0 Å². The highest BCUT2D eigenvalue weighted by molar-refractivity contribution is 7.91. The van der Waals surface area contributed by atoms with E-state index in [9.17, 15) is 8.42 Å². The second-order valence-electron chi connectivity index (χ2n) is 5.93. The second kappa shape index (κ2) is 6.35. The maximum absolute atomic E-state index is 11.5. The fourth-order valence-electron chi connectivity index (χ4n) is 2.90. The molecule has 1 N–H and O–H groups in total. The van der Waals surface area contributed by atoms with Gasteiger partial charge in [-0.25, -0.2) is 8.42 Å². The predicted molar refractivity (Wildman–Crippen MR) is 74.5 cm³/mol. The van der Waals surface area contributed by atoms with E-state index >= 15 is 0 Å². The molecule has 0 aromatic rings. The quantitative estimate of drug-likeness (QED) is 0.827. The maximum atomic E-state index is 11.5. The standard InChI is InChI=1S/C13H26N2O2S/c1-12-4-7-15(8-5-12)9-6-14-13-3-2-10-18(16,17)11-13/h12-14H,2-11H2,1H3. The summed E-state index contributed by atoms with van der Waals surface area (Å²) in [6, 6.07) is 0.187. The van der Waals surface area contributed by atoms with Crippen LogP contribution in [0.3, 0.4) is 0 Å². The largest absolute Gasteiger partial charge is 0.312 e. The molecule has 1 unspecified atom stereocenters. The van der Waals surface area contributed by atoms with Crippen molar-refractivity contribution in [3.63, 3.8) is 0 Å². The summed E-state index contributed by atoms with van der Waals surface area (Å²) in [5, 5.41) is 3.41. The predicted octanol–water partition coefficient (Wildman–Crippen LogP) is 0.885. The van der Waals surface area contributed by atoms with Crippen molar-refractivity contribution in [3.05, 3.63) is 0 Å². The molecule has 106 valence electrons. The van der Waals surface area contributed by atoms with E-state index in [0.717, 1.165) is 31.8 Å². The van der Waals surface area contributed by atoms with E-state index < -0.39 is 9.84 Å². The number of hydrogen-bond acceptors (Lipinski definition) is 4. The van der Waals surface area contributed by atoms with Crippen molar-refractivity contribution in [3.8, 4) is 0 Å². The van der Waals surface area contributed by atoms with E-state index in [0.29, 0.717) is 11.5 Å². The third-order valence-electron chi connectivity index (χ3n) is 4.20. The average molecular weight is 274 g/mol. The van der Waals surface area contributed by atoms with Gasteiger partial charge < -0.3 is 10.2 Å². The van der Waals surface area contributed by atoms with Crippen LogP contribution in [0.25, 0.3) is 0 Å². The number of likely N-dealkylation sites (tertiary alicyclic amines) is 1.